The summed E-state index contributed by atoms with van der Waals surface area (Å²) in [5, 5.41) is 2.97. The highest BCUT2D eigenvalue weighted by Crippen LogP contribution is 2.13. The predicted octanol–water partition coefficient (Wildman–Crippen LogP) is 1.64. The Morgan fingerprint density at radius 1 is 1.33 bits per heavy atom. The van der Waals surface area contributed by atoms with E-state index >= 15 is 0 Å². The summed E-state index contributed by atoms with van der Waals surface area (Å²) in [4.78, 5) is 14.4. The molecule has 0 aromatic heterocycles. The maximum Gasteiger partial charge on any atom is 0.237 e. The molecule has 0 saturated carbocycles. The first-order valence-corrected chi connectivity index (χ1v) is 9.49. The van der Waals surface area contributed by atoms with Gasteiger partial charge in [-0.05, 0) is 29.6 Å². The summed E-state index contributed by atoms with van der Waals surface area (Å²) in [5.41, 5.74) is 8.32. The number of rotatable bonds is 8. The van der Waals surface area contributed by atoms with Crippen molar-refractivity contribution < 1.29 is 9.53 Å². The number of ether oxygens (including phenoxy) is 1. The van der Waals surface area contributed by atoms with Crippen molar-refractivity contribution in [1.29, 1.82) is 0 Å². The van der Waals surface area contributed by atoms with Gasteiger partial charge >= 0.3 is 0 Å². The number of nitrogens with one attached hydrogen (secondary N) is 1. The number of benzene rings is 1. The van der Waals surface area contributed by atoms with Crippen LogP contribution in [-0.4, -0.2) is 55.2 Å². The molecule has 2 rings (SSSR count). The Labute approximate surface area is 155 Å². The summed E-state index contributed by atoms with van der Waals surface area (Å²) >= 11 is 1.71. The van der Waals surface area contributed by atoms with Gasteiger partial charge in [-0.1, -0.05) is 24.3 Å². The molecule has 5 nitrogen and oxygen atoms in total. The van der Waals surface area contributed by atoms with Crippen LogP contribution >= 0.6 is 24.2 Å². The average Bonchev–Trinajstić information content (AvgIpc) is 2.59. The third-order valence-corrected chi connectivity index (χ3v) is 4.68. The molecule has 1 aromatic rings. The highest BCUT2D eigenvalue weighted by Gasteiger charge is 2.15. The topological polar surface area (TPSA) is 67.6 Å². The van der Waals surface area contributed by atoms with Crippen molar-refractivity contribution in [2.45, 2.75) is 25.6 Å². The van der Waals surface area contributed by atoms with E-state index in [1.54, 1.807) is 11.8 Å². The van der Waals surface area contributed by atoms with Crippen molar-refractivity contribution in [3.63, 3.8) is 0 Å². The monoisotopic (exact) mass is 373 g/mol. The molecule has 3 N–H and O–H groups in total. The molecular formula is C17H28ClN3O2S. The number of hydrogen-bond donors (Lipinski definition) is 2. The molecule has 1 fully saturated rings. The van der Waals surface area contributed by atoms with Gasteiger partial charge in [0.15, 0.2) is 0 Å². The maximum atomic E-state index is 12.1. The van der Waals surface area contributed by atoms with Crippen molar-refractivity contribution in [2.75, 3.05) is 38.3 Å². The van der Waals surface area contributed by atoms with Gasteiger partial charge in [0, 0.05) is 26.2 Å². The van der Waals surface area contributed by atoms with Crippen LogP contribution in [0.3, 0.4) is 0 Å². The Bertz CT molecular complexity index is 498. The molecule has 24 heavy (non-hydrogen) atoms. The minimum absolute atomic E-state index is 0. The highest BCUT2D eigenvalue weighted by molar-refractivity contribution is 7.98. The maximum absolute atomic E-state index is 12.1. The van der Waals surface area contributed by atoms with E-state index in [9.17, 15) is 4.79 Å². The van der Waals surface area contributed by atoms with Gasteiger partial charge < -0.3 is 15.8 Å². The molecule has 1 aliphatic heterocycles. The van der Waals surface area contributed by atoms with Crippen molar-refractivity contribution >= 4 is 30.1 Å². The largest absolute Gasteiger partial charge is 0.379 e. The van der Waals surface area contributed by atoms with E-state index in [-0.39, 0.29) is 18.3 Å². The molecule has 1 heterocycles. The molecule has 136 valence electrons. The van der Waals surface area contributed by atoms with Crippen LogP contribution < -0.4 is 11.1 Å². The number of nitrogens with two attached hydrogens (primary N) is 1. The Morgan fingerprint density at radius 3 is 2.67 bits per heavy atom. The first kappa shape index (κ1) is 21.3. The Hall–Kier alpha value is -0.790. The molecule has 0 spiro atoms. The van der Waals surface area contributed by atoms with E-state index in [1.165, 1.54) is 5.56 Å². The van der Waals surface area contributed by atoms with Crippen LogP contribution in [-0.2, 0) is 22.6 Å². The predicted molar refractivity (Wildman–Crippen MR) is 103 cm³/mol. The Balaban J connectivity index is 0.00000288. The standard InChI is InChI=1S/C17H27N3O2S.ClH/c1-23-11-6-16(18)17(21)19-12-14-4-2-3-5-15(14)13-20-7-9-22-10-8-20;/h2-5,16H,6-13,18H2,1H3,(H,19,21);1H/t16-;/m0./s1. The van der Waals surface area contributed by atoms with E-state index in [4.69, 9.17) is 10.5 Å². The second-order valence-corrected chi connectivity index (χ2v) is 6.75. The molecule has 0 aliphatic carbocycles. The van der Waals surface area contributed by atoms with Gasteiger partial charge in [0.2, 0.25) is 5.91 Å². The normalized spacial score (nSPS) is 16.2. The Morgan fingerprint density at radius 2 is 2.00 bits per heavy atom. The number of hydrogen-bond acceptors (Lipinski definition) is 5. The lowest BCUT2D eigenvalue weighted by Gasteiger charge is -2.27. The van der Waals surface area contributed by atoms with Crippen LogP contribution in [0.25, 0.3) is 0 Å². The zero-order chi connectivity index (χ0) is 16.5. The summed E-state index contributed by atoms with van der Waals surface area (Å²) in [7, 11) is 0. The number of amides is 1. The molecule has 1 aliphatic rings. The SMILES string of the molecule is CSCC[C@H](N)C(=O)NCc1ccccc1CN1CCOCC1.Cl. The third kappa shape index (κ3) is 6.99. The van der Waals surface area contributed by atoms with Crippen molar-refractivity contribution in [3.05, 3.63) is 35.4 Å². The van der Waals surface area contributed by atoms with Gasteiger partial charge in [-0.15, -0.1) is 12.4 Å². The van der Waals surface area contributed by atoms with E-state index in [2.05, 4.69) is 22.3 Å². The van der Waals surface area contributed by atoms with Crippen LogP contribution in [0.2, 0.25) is 0 Å². The van der Waals surface area contributed by atoms with Crippen LogP contribution in [0.5, 0.6) is 0 Å². The van der Waals surface area contributed by atoms with E-state index in [1.807, 2.05) is 18.4 Å². The van der Waals surface area contributed by atoms with E-state index in [0.29, 0.717) is 13.0 Å². The fourth-order valence-electron chi connectivity index (χ4n) is 2.57. The van der Waals surface area contributed by atoms with Crippen molar-refractivity contribution in [2.24, 2.45) is 5.73 Å². The number of nitrogens with zero attached hydrogens (tertiary/aromatic N) is 1. The first-order chi connectivity index (χ1) is 11.2. The quantitative estimate of drug-likeness (QED) is 0.725. The molecule has 1 amide bonds. The lowest BCUT2D eigenvalue weighted by atomic mass is 10.1. The van der Waals surface area contributed by atoms with E-state index < -0.39 is 6.04 Å². The number of thioether (sulfide) groups is 1. The minimum Gasteiger partial charge on any atom is -0.379 e. The number of morpholine rings is 1. The lowest BCUT2D eigenvalue weighted by Crippen LogP contribution is -2.41. The summed E-state index contributed by atoms with van der Waals surface area (Å²) in [6, 6.07) is 7.84. The summed E-state index contributed by atoms with van der Waals surface area (Å²) < 4.78 is 5.39. The Kier molecular flexibility index (Phi) is 10.4. The van der Waals surface area contributed by atoms with Crippen LogP contribution in [0.4, 0.5) is 0 Å². The zero-order valence-electron chi connectivity index (χ0n) is 14.2. The molecule has 7 heteroatoms. The number of carbonyl (C=O) groups excluding carboxylic acids is 1. The highest BCUT2D eigenvalue weighted by atomic mass is 35.5. The average molecular weight is 374 g/mol. The van der Waals surface area contributed by atoms with Crippen molar-refractivity contribution in [1.82, 2.24) is 10.2 Å². The van der Waals surface area contributed by atoms with Crippen LogP contribution in [0.1, 0.15) is 17.5 Å². The van der Waals surface area contributed by atoms with Crippen LogP contribution in [0.15, 0.2) is 24.3 Å². The third-order valence-electron chi connectivity index (χ3n) is 4.04. The molecule has 0 unspecified atom stereocenters. The second kappa shape index (κ2) is 11.7. The fraction of sp³-hybridized carbons (Fsp3) is 0.588. The lowest BCUT2D eigenvalue weighted by molar-refractivity contribution is -0.122. The van der Waals surface area contributed by atoms with Gasteiger partial charge in [-0.3, -0.25) is 9.69 Å². The smallest absolute Gasteiger partial charge is 0.237 e. The first-order valence-electron chi connectivity index (χ1n) is 8.10. The number of carbonyl (C=O) groups is 1. The minimum atomic E-state index is -0.422. The van der Waals surface area contributed by atoms with Gasteiger partial charge in [0.05, 0.1) is 19.3 Å². The van der Waals surface area contributed by atoms with Gasteiger partial charge in [0.1, 0.15) is 0 Å². The van der Waals surface area contributed by atoms with Crippen LogP contribution in [0, 0.1) is 0 Å². The second-order valence-electron chi connectivity index (χ2n) is 5.76. The van der Waals surface area contributed by atoms with Gasteiger partial charge in [0.25, 0.3) is 0 Å². The fourth-order valence-corrected chi connectivity index (χ4v) is 3.06. The van der Waals surface area contributed by atoms with Gasteiger partial charge in [-0.2, -0.15) is 11.8 Å². The summed E-state index contributed by atoms with van der Waals surface area (Å²) in [5.74, 6) is 0.836. The summed E-state index contributed by atoms with van der Waals surface area (Å²) in [6.45, 7) is 4.94. The molecule has 0 bridgehead atoms. The number of halogens is 1. The zero-order valence-corrected chi connectivity index (χ0v) is 15.8. The van der Waals surface area contributed by atoms with Gasteiger partial charge in [-0.25, -0.2) is 0 Å². The molecule has 0 radical (unpaired) electrons. The summed E-state index contributed by atoms with van der Waals surface area (Å²) in [6.07, 6.45) is 2.73. The molecular weight excluding hydrogens is 346 g/mol. The van der Waals surface area contributed by atoms with E-state index in [0.717, 1.165) is 44.2 Å². The molecule has 1 atom stereocenters. The molecule has 1 saturated heterocycles. The van der Waals surface area contributed by atoms with Crippen molar-refractivity contribution in [3.8, 4) is 0 Å². The molecule has 1 aromatic carbocycles.